The highest BCUT2D eigenvalue weighted by atomic mass is 16.3. The summed E-state index contributed by atoms with van der Waals surface area (Å²) in [6.45, 7) is 10.3. The second kappa shape index (κ2) is 14.1. The van der Waals surface area contributed by atoms with Crippen molar-refractivity contribution in [2.75, 3.05) is 18.4 Å². The van der Waals surface area contributed by atoms with Crippen LogP contribution in [-0.4, -0.2) is 41.2 Å². The zero-order chi connectivity index (χ0) is 25.9. The number of fused-ring (bicyclic) bond motifs is 2. The number of carbonyl (C=O) groups excluding carboxylic acids is 1. The Balaban J connectivity index is 1.71. The van der Waals surface area contributed by atoms with E-state index in [4.69, 9.17) is 0 Å². The monoisotopic (exact) mass is 492 g/mol. The van der Waals surface area contributed by atoms with Crippen LogP contribution in [0.25, 0.3) is 0 Å². The molecular weight excluding hydrogens is 448 g/mol. The minimum atomic E-state index is -0.718. The van der Waals surface area contributed by atoms with Gasteiger partial charge in [-0.2, -0.15) is 0 Å². The summed E-state index contributed by atoms with van der Waals surface area (Å²) in [6, 6.07) is 11.8. The first-order valence-corrected chi connectivity index (χ1v) is 13.5. The molecule has 1 aromatic carbocycles. The quantitative estimate of drug-likeness (QED) is 0.402. The summed E-state index contributed by atoms with van der Waals surface area (Å²) in [5, 5.41) is 21.0. The molecule has 4 N–H and O–H groups in total. The number of anilines is 1. The number of aliphatic hydroxyl groups is 1. The number of aryl methyl sites for hydroxylation is 1. The Morgan fingerprint density at radius 1 is 1.11 bits per heavy atom. The molecular formula is C30H44N4O2. The Bertz CT molecular complexity index is 1020. The van der Waals surface area contributed by atoms with E-state index in [1.54, 1.807) is 12.1 Å². The maximum atomic E-state index is 13.2. The van der Waals surface area contributed by atoms with Gasteiger partial charge in [0, 0.05) is 30.9 Å². The van der Waals surface area contributed by atoms with Crippen LogP contribution in [0.15, 0.2) is 48.0 Å². The van der Waals surface area contributed by atoms with Gasteiger partial charge < -0.3 is 21.1 Å². The van der Waals surface area contributed by atoms with Crippen molar-refractivity contribution in [2.24, 2.45) is 0 Å². The number of benzene rings is 1. The first-order chi connectivity index (χ1) is 17.3. The van der Waals surface area contributed by atoms with E-state index in [2.05, 4.69) is 72.0 Å². The number of allylic oxidation sites excluding steroid dienone is 1. The summed E-state index contributed by atoms with van der Waals surface area (Å²) < 4.78 is 0. The van der Waals surface area contributed by atoms with Crippen molar-refractivity contribution in [3.63, 3.8) is 0 Å². The number of hydrogen-bond acceptors (Lipinski definition) is 5. The van der Waals surface area contributed by atoms with E-state index in [9.17, 15) is 9.90 Å². The van der Waals surface area contributed by atoms with Gasteiger partial charge in [-0.15, -0.1) is 0 Å². The molecule has 2 bridgehead atoms. The van der Waals surface area contributed by atoms with Gasteiger partial charge in [-0.1, -0.05) is 62.6 Å². The standard InChI is InChI=1S/C30H44N4O2/c1-21(2)25-13-10-12-24(17-25)19-31-20-28(35)27-15-22(3)11-8-6-5-7-9-14-32-29-18-26(30(36)34-27)16-23(4)33-29/h10-13,16-18,21,27-28,31,35H,5-9,14-15,19-20H2,1-4H3,(H,32,33)(H,34,36)/b22-11+/t27-,28+/m0/s1. The molecule has 1 aromatic heterocycles. The number of pyridine rings is 1. The van der Waals surface area contributed by atoms with Gasteiger partial charge in [0.05, 0.1) is 12.1 Å². The number of carbonyl (C=O) groups is 1. The summed E-state index contributed by atoms with van der Waals surface area (Å²) in [7, 11) is 0. The van der Waals surface area contributed by atoms with Gasteiger partial charge in [0.25, 0.3) is 5.91 Å². The highest BCUT2D eigenvalue weighted by molar-refractivity contribution is 5.95. The molecule has 1 aliphatic heterocycles. The average molecular weight is 493 g/mol. The van der Waals surface area contributed by atoms with E-state index < -0.39 is 6.10 Å². The zero-order valence-corrected chi connectivity index (χ0v) is 22.4. The van der Waals surface area contributed by atoms with E-state index in [-0.39, 0.29) is 11.9 Å². The number of nitrogens with one attached hydrogen (secondary N) is 3. The fourth-order valence-electron chi connectivity index (χ4n) is 4.61. The molecule has 196 valence electrons. The second-order valence-electron chi connectivity index (χ2n) is 10.4. The SMILES string of the molecule is C/C1=C\CCCCCCNc2cc(cc(C)n2)C(=O)N[C@H]([C@H](O)CNCc2cccc(C(C)C)c2)C1. The zero-order valence-electron chi connectivity index (χ0n) is 22.4. The Hall–Kier alpha value is -2.70. The van der Waals surface area contributed by atoms with E-state index in [1.165, 1.54) is 29.5 Å². The molecule has 0 fully saturated rings. The molecule has 2 atom stereocenters. The highest BCUT2D eigenvalue weighted by Gasteiger charge is 2.23. The van der Waals surface area contributed by atoms with Gasteiger partial charge in [0.1, 0.15) is 5.82 Å². The summed E-state index contributed by atoms with van der Waals surface area (Å²) in [5.74, 6) is 1.02. The maximum absolute atomic E-state index is 13.2. The van der Waals surface area contributed by atoms with Crippen molar-refractivity contribution >= 4 is 11.7 Å². The van der Waals surface area contributed by atoms with Crippen LogP contribution in [0.1, 0.15) is 92.4 Å². The number of rotatable bonds is 6. The lowest BCUT2D eigenvalue weighted by molar-refractivity contribution is 0.0829. The van der Waals surface area contributed by atoms with Crippen LogP contribution in [-0.2, 0) is 6.54 Å². The number of aliphatic hydroxyl groups excluding tert-OH is 1. The largest absolute Gasteiger partial charge is 0.390 e. The van der Waals surface area contributed by atoms with E-state index in [0.29, 0.717) is 31.0 Å². The Morgan fingerprint density at radius 3 is 2.72 bits per heavy atom. The van der Waals surface area contributed by atoms with E-state index in [1.807, 2.05) is 6.92 Å². The van der Waals surface area contributed by atoms with Gasteiger partial charge in [0.2, 0.25) is 0 Å². The summed E-state index contributed by atoms with van der Waals surface area (Å²) >= 11 is 0. The maximum Gasteiger partial charge on any atom is 0.251 e. The number of hydrogen-bond donors (Lipinski definition) is 4. The summed E-state index contributed by atoms with van der Waals surface area (Å²) in [6.07, 6.45) is 7.80. The molecule has 3 rings (SSSR count). The van der Waals surface area contributed by atoms with Gasteiger partial charge in [-0.05, 0) is 68.7 Å². The van der Waals surface area contributed by atoms with Gasteiger partial charge in [0.15, 0.2) is 0 Å². The minimum Gasteiger partial charge on any atom is -0.390 e. The van der Waals surface area contributed by atoms with Gasteiger partial charge in [-0.25, -0.2) is 4.98 Å². The van der Waals surface area contributed by atoms with Crippen LogP contribution >= 0.6 is 0 Å². The Morgan fingerprint density at radius 2 is 1.92 bits per heavy atom. The van der Waals surface area contributed by atoms with Gasteiger partial charge in [-0.3, -0.25) is 4.79 Å². The molecule has 6 heteroatoms. The predicted molar refractivity (Wildman–Crippen MR) is 148 cm³/mol. The van der Waals surface area contributed by atoms with Crippen LogP contribution in [0.5, 0.6) is 0 Å². The van der Waals surface area contributed by atoms with Crippen molar-refractivity contribution in [3.05, 3.63) is 70.4 Å². The van der Waals surface area contributed by atoms with Crippen molar-refractivity contribution in [2.45, 2.75) is 90.8 Å². The number of nitrogens with zero attached hydrogens (tertiary/aromatic N) is 1. The molecule has 36 heavy (non-hydrogen) atoms. The van der Waals surface area contributed by atoms with Crippen LogP contribution in [0.2, 0.25) is 0 Å². The van der Waals surface area contributed by atoms with Crippen molar-refractivity contribution in [3.8, 4) is 0 Å². The number of amides is 1. The summed E-state index contributed by atoms with van der Waals surface area (Å²) in [4.78, 5) is 17.8. The second-order valence-corrected chi connectivity index (χ2v) is 10.4. The lowest BCUT2D eigenvalue weighted by atomic mass is 9.99. The molecule has 0 aliphatic carbocycles. The molecule has 0 saturated carbocycles. The fourth-order valence-corrected chi connectivity index (χ4v) is 4.61. The molecule has 0 spiro atoms. The molecule has 1 aliphatic rings. The smallest absolute Gasteiger partial charge is 0.251 e. The molecule has 2 aromatic rings. The van der Waals surface area contributed by atoms with Crippen molar-refractivity contribution in [1.82, 2.24) is 15.6 Å². The lowest BCUT2D eigenvalue weighted by Crippen LogP contribution is -2.47. The van der Waals surface area contributed by atoms with E-state index in [0.717, 1.165) is 37.3 Å². The van der Waals surface area contributed by atoms with Crippen LogP contribution in [0, 0.1) is 6.92 Å². The van der Waals surface area contributed by atoms with Crippen LogP contribution in [0.3, 0.4) is 0 Å². The average Bonchev–Trinajstić information content (AvgIpc) is 2.84. The Kier molecular flexibility index (Phi) is 11.0. The van der Waals surface area contributed by atoms with Crippen molar-refractivity contribution < 1.29 is 9.90 Å². The molecule has 0 saturated heterocycles. The third-order valence-electron chi connectivity index (χ3n) is 6.77. The fraction of sp³-hybridized carbons (Fsp3) is 0.533. The topological polar surface area (TPSA) is 86.3 Å². The minimum absolute atomic E-state index is 0.183. The molecule has 6 nitrogen and oxygen atoms in total. The van der Waals surface area contributed by atoms with Crippen LogP contribution in [0.4, 0.5) is 5.82 Å². The third-order valence-corrected chi connectivity index (χ3v) is 6.77. The molecule has 2 heterocycles. The van der Waals surface area contributed by atoms with Crippen molar-refractivity contribution in [1.29, 1.82) is 0 Å². The lowest BCUT2D eigenvalue weighted by Gasteiger charge is -2.25. The normalized spacial score (nSPS) is 20.2. The van der Waals surface area contributed by atoms with Crippen LogP contribution < -0.4 is 16.0 Å². The molecule has 0 radical (unpaired) electrons. The molecule has 1 amide bonds. The first kappa shape index (κ1) is 27.9. The third kappa shape index (κ3) is 9.07. The number of aromatic nitrogens is 1. The molecule has 0 unspecified atom stereocenters. The van der Waals surface area contributed by atoms with E-state index >= 15 is 0 Å². The van der Waals surface area contributed by atoms with Gasteiger partial charge >= 0.3 is 0 Å². The predicted octanol–water partition coefficient (Wildman–Crippen LogP) is 5.47. The highest BCUT2D eigenvalue weighted by Crippen LogP contribution is 2.17. The Labute approximate surface area is 217 Å². The first-order valence-electron chi connectivity index (χ1n) is 13.5. The summed E-state index contributed by atoms with van der Waals surface area (Å²) in [5.41, 5.74) is 5.06.